The van der Waals surface area contributed by atoms with Crippen LogP contribution in [0.1, 0.15) is 51.0 Å². The lowest BCUT2D eigenvalue weighted by Crippen LogP contribution is -2.31. The zero-order valence-corrected chi connectivity index (χ0v) is 12.2. The molecule has 104 valence electrons. The van der Waals surface area contributed by atoms with Gasteiger partial charge in [-0.15, -0.1) is 0 Å². The quantitative estimate of drug-likeness (QED) is 0.903. The molecule has 0 saturated heterocycles. The maximum Gasteiger partial charge on any atom is 0.138 e. The average molecular weight is 280 g/mol. The van der Waals surface area contributed by atoms with E-state index in [2.05, 4.69) is 19.1 Å². The van der Waals surface area contributed by atoms with Gasteiger partial charge < -0.3 is 10.5 Å². The second-order valence-corrected chi connectivity index (χ2v) is 6.52. The Morgan fingerprint density at radius 1 is 1.32 bits per heavy atom. The summed E-state index contributed by atoms with van der Waals surface area (Å²) < 4.78 is 5.99. The summed E-state index contributed by atoms with van der Waals surface area (Å²) in [5, 5.41) is 0.733. The van der Waals surface area contributed by atoms with Gasteiger partial charge in [-0.1, -0.05) is 17.7 Å². The minimum absolute atomic E-state index is 0.162. The van der Waals surface area contributed by atoms with Gasteiger partial charge in [-0.3, -0.25) is 0 Å². The molecule has 3 heteroatoms. The van der Waals surface area contributed by atoms with Crippen LogP contribution >= 0.6 is 11.6 Å². The molecule has 3 rings (SSSR count). The summed E-state index contributed by atoms with van der Waals surface area (Å²) in [7, 11) is 0. The molecule has 0 radical (unpaired) electrons. The van der Waals surface area contributed by atoms with Gasteiger partial charge in [0.25, 0.3) is 0 Å². The molecule has 0 heterocycles. The molecule has 0 aliphatic heterocycles. The highest BCUT2D eigenvalue weighted by molar-refractivity contribution is 6.32. The number of nitrogens with two attached hydrogens (primary N) is 1. The lowest BCUT2D eigenvalue weighted by Gasteiger charge is -2.21. The van der Waals surface area contributed by atoms with E-state index in [1.165, 1.54) is 31.2 Å². The molecule has 0 aromatic heterocycles. The second-order valence-electron chi connectivity index (χ2n) is 6.11. The summed E-state index contributed by atoms with van der Waals surface area (Å²) in [6.45, 7) is 2.09. The Morgan fingerprint density at radius 3 is 2.53 bits per heavy atom. The number of hydrogen-bond acceptors (Lipinski definition) is 2. The van der Waals surface area contributed by atoms with Gasteiger partial charge in [0, 0.05) is 11.5 Å². The Hall–Kier alpha value is -0.730. The standard InChI is InChI=1S/C16H22ClNO/c1-11(18)16(8-9-16)12-6-7-15(14(17)10-12)19-13-4-2-3-5-13/h6-7,10-11,13H,2-5,8-9,18H2,1H3. The first-order valence-electron chi connectivity index (χ1n) is 7.34. The van der Waals surface area contributed by atoms with Crippen molar-refractivity contribution in [3.05, 3.63) is 28.8 Å². The van der Waals surface area contributed by atoms with Crippen molar-refractivity contribution in [1.82, 2.24) is 0 Å². The largest absolute Gasteiger partial charge is 0.489 e. The van der Waals surface area contributed by atoms with E-state index >= 15 is 0 Å². The molecule has 1 aromatic carbocycles. The Bertz CT molecular complexity index is 462. The summed E-state index contributed by atoms with van der Waals surface area (Å²) >= 11 is 6.38. The maximum atomic E-state index is 6.38. The van der Waals surface area contributed by atoms with E-state index in [0.717, 1.165) is 23.6 Å². The molecule has 2 N–H and O–H groups in total. The smallest absolute Gasteiger partial charge is 0.138 e. The van der Waals surface area contributed by atoms with E-state index < -0.39 is 0 Å². The van der Waals surface area contributed by atoms with E-state index in [0.29, 0.717) is 6.10 Å². The Balaban J connectivity index is 1.78. The van der Waals surface area contributed by atoms with Gasteiger partial charge in [-0.05, 0) is 63.1 Å². The monoisotopic (exact) mass is 279 g/mol. The van der Waals surface area contributed by atoms with Gasteiger partial charge in [0.05, 0.1) is 11.1 Å². The van der Waals surface area contributed by atoms with E-state index in [-0.39, 0.29) is 11.5 Å². The van der Waals surface area contributed by atoms with Crippen LogP contribution in [-0.2, 0) is 5.41 Å². The van der Waals surface area contributed by atoms with Crippen molar-refractivity contribution in [1.29, 1.82) is 0 Å². The zero-order valence-electron chi connectivity index (χ0n) is 11.5. The lowest BCUT2D eigenvalue weighted by atomic mass is 9.89. The van der Waals surface area contributed by atoms with Crippen molar-refractivity contribution >= 4 is 11.6 Å². The Kier molecular flexibility index (Phi) is 3.48. The van der Waals surface area contributed by atoms with Crippen molar-refractivity contribution in [2.45, 2.75) is 63.0 Å². The SMILES string of the molecule is CC(N)C1(c2ccc(OC3CCCC3)c(Cl)c2)CC1. The van der Waals surface area contributed by atoms with Crippen molar-refractivity contribution in [3.63, 3.8) is 0 Å². The highest BCUT2D eigenvalue weighted by Gasteiger charge is 2.47. The normalized spacial score (nSPS) is 23.3. The highest BCUT2D eigenvalue weighted by Crippen LogP contribution is 2.51. The number of rotatable bonds is 4. The molecule has 1 atom stereocenters. The van der Waals surface area contributed by atoms with Gasteiger partial charge in [-0.2, -0.15) is 0 Å². The molecule has 2 nitrogen and oxygen atoms in total. The molecule has 0 spiro atoms. The summed E-state index contributed by atoms with van der Waals surface area (Å²) in [6.07, 6.45) is 7.55. The fourth-order valence-corrected chi connectivity index (χ4v) is 3.46. The van der Waals surface area contributed by atoms with Gasteiger partial charge >= 0.3 is 0 Å². The minimum Gasteiger partial charge on any atom is -0.489 e. The molecule has 1 unspecified atom stereocenters. The minimum atomic E-state index is 0.162. The molecule has 0 amide bonds. The van der Waals surface area contributed by atoms with Crippen molar-refractivity contribution in [2.75, 3.05) is 0 Å². The van der Waals surface area contributed by atoms with Crippen LogP contribution in [0.25, 0.3) is 0 Å². The van der Waals surface area contributed by atoms with Gasteiger partial charge in [0.15, 0.2) is 0 Å². The van der Waals surface area contributed by atoms with Crippen LogP contribution in [0.15, 0.2) is 18.2 Å². The number of benzene rings is 1. The van der Waals surface area contributed by atoms with E-state index in [4.69, 9.17) is 22.1 Å². The Labute approximate surface area is 120 Å². The summed E-state index contributed by atoms with van der Waals surface area (Å²) in [6, 6.07) is 6.41. The summed E-state index contributed by atoms with van der Waals surface area (Å²) in [5.41, 5.74) is 7.54. The topological polar surface area (TPSA) is 35.2 Å². The third-order valence-electron chi connectivity index (χ3n) is 4.76. The Morgan fingerprint density at radius 2 is 2.00 bits per heavy atom. The van der Waals surface area contributed by atoms with Crippen LogP contribution in [0, 0.1) is 0 Å². The number of hydrogen-bond donors (Lipinski definition) is 1. The third-order valence-corrected chi connectivity index (χ3v) is 5.06. The molecule has 2 aliphatic carbocycles. The predicted octanol–water partition coefficient (Wildman–Crippen LogP) is 4.04. The molecule has 1 aromatic rings. The fraction of sp³-hybridized carbons (Fsp3) is 0.625. The molecule has 2 saturated carbocycles. The number of ether oxygens (including phenoxy) is 1. The highest BCUT2D eigenvalue weighted by atomic mass is 35.5. The number of halogens is 1. The van der Waals surface area contributed by atoms with Crippen molar-refractivity contribution < 1.29 is 4.74 Å². The first-order valence-corrected chi connectivity index (χ1v) is 7.72. The molecule has 0 bridgehead atoms. The predicted molar refractivity (Wildman–Crippen MR) is 78.9 cm³/mol. The fourth-order valence-electron chi connectivity index (χ4n) is 3.23. The van der Waals surface area contributed by atoms with Crippen molar-refractivity contribution in [2.24, 2.45) is 5.73 Å². The van der Waals surface area contributed by atoms with Gasteiger partial charge in [0.2, 0.25) is 0 Å². The summed E-state index contributed by atoms with van der Waals surface area (Å²) in [5.74, 6) is 0.831. The van der Waals surface area contributed by atoms with Crippen LogP contribution in [-0.4, -0.2) is 12.1 Å². The molecule has 2 aliphatic rings. The lowest BCUT2D eigenvalue weighted by molar-refractivity contribution is 0.210. The van der Waals surface area contributed by atoms with Crippen LogP contribution in [0.5, 0.6) is 5.75 Å². The molecular formula is C16H22ClNO. The molecule has 2 fully saturated rings. The van der Waals surface area contributed by atoms with E-state index in [9.17, 15) is 0 Å². The first-order chi connectivity index (χ1) is 9.12. The summed E-state index contributed by atoms with van der Waals surface area (Å²) in [4.78, 5) is 0. The van der Waals surface area contributed by atoms with Crippen LogP contribution in [0.4, 0.5) is 0 Å². The third kappa shape index (κ3) is 2.48. The molecule has 19 heavy (non-hydrogen) atoms. The maximum absolute atomic E-state index is 6.38. The van der Waals surface area contributed by atoms with Gasteiger partial charge in [0.1, 0.15) is 5.75 Å². The van der Waals surface area contributed by atoms with Crippen LogP contribution < -0.4 is 10.5 Å². The molecular weight excluding hydrogens is 258 g/mol. The second kappa shape index (κ2) is 4.99. The van der Waals surface area contributed by atoms with E-state index in [1.807, 2.05) is 6.07 Å². The van der Waals surface area contributed by atoms with Crippen LogP contribution in [0.3, 0.4) is 0 Å². The zero-order chi connectivity index (χ0) is 13.5. The van der Waals surface area contributed by atoms with Crippen LogP contribution in [0.2, 0.25) is 5.02 Å². The van der Waals surface area contributed by atoms with E-state index in [1.54, 1.807) is 0 Å². The average Bonchev–Trinajstić information content (AvgIpc) is 3.05. The van der Waals surface area contributed by atoms with Gasteiger partial charge in [-0.25, -0.2) is 0 Å². The first kappa shape index (κ1) is 13.3. The van der Waals surface area contributed by atoms with Crippen molar-refractivity contribution in [3.8, 4) is 5.75 Å².